The zero-order chi connectivity index (χ0) is 17.1. The molecule has 1 aromatic rings. The van der Waals surface area contributed by atoms with E-state index in [-0.39, 0.29) is 23.5 Å². The van der Waals surface area contributed by atoms with Crippen molar-refractivity contribution >= 4 is 5.97 Å². The van der Waals surface area contributed by atoms with Gasteiger partial charge in [0.1, 0.15) is 0 Å². The van der Waals surface area contributed by atoms with Crippen molar-refractivity contribution in [2.75, 3.05) is 0 Å². The van der Waals surface area contributed by atoms with E-state index in [0.29, 0.717) is 24.3 Å². The monoisotopic (exact) mass is 332 g/mol. The summed E-state index contributed by atoms with van der Waals surface area (Å²) in [4.78, 5) is 12.5. The first kappa shape index (κ1) is 17.4. The minimum absolute atomic E-state index is 0.0866. The smallest absolute Gasteiger partial charge is 0.315 e. The topological polar surface area (TPSA) is 26.3 Å². The van der Waals surface area contributed by atoms with Crippen molar-refractivity contribution in [1.29, 1.82) is 0 Å². The van der Waals surface area contributed by atoms with Crippen LogP contribution in [0.4, 0.5) is 4.39 Å². The summed E-state index contributed by atoms with van der Waals surface area (Å²) in [6, 6.07) is 3.83. The predicted octanol–water partition coefficient (Wildman–Crippen LogP) is 5.46. The number of carbonyl (C=O) groups excluding carboxylic acids is 1. The fourth-order valence-corrected chi connectivity index (χ4v) is 4.51. The van der Waals surface area contributed by atoms with E-state index in [1.165, 1.54) is 25.7 Å². The lowest BCUT2D eigenvalue weighted by Crippen LogP contribution is -2.35. The van der Waals surface area contributed by atoms with Gasteiger partial charge in [-0.1, -0.05) is 58.1 Å². The molecule has 2 nitrogen and oxygen atoms in total. The van der Waals surface area contributed by atoms with E-state index in [0.717, 1.165) is 30.7 Å². The van der Waals surface area contributed by atoms with E-state index in [1.807, 2.05) is 19.1 Å². The molecule has 1 saturated carbocycles. The van der Waals surface area contributed by atoms with Gasteiger partial charge >= 0.3 is 5.97 Å². The van der Waals surface area contributed by atoms with Crippen LogP contribution < -0.4 is 4.74 Å². The molecule has 0 aromatic heterocycles. The van der Waals surface area contributed by atoms with Crippen molar-refractivity contribution in [3.63, 3.8) is 0 Å². The maximum Gasteiger partial charge on any atom is 0.315 e. The lowest BCUT2D eigenvalue weighted by Gasteiger charge is -2.35. The molecule has 1 aliphatic carbocycles. The fourth-order valence-electron chi connectivity index (χ4n) is 4.51. The molecule has 3 rings (SSSR count). The summed E-state index contributed by atoms with van der Waals surface area (Å²) < 4.78 is 20.0. The molecule has 1 aliphatic heterocycles. The van der Waals surface area contributed by atoms with Crippen molar-refractivity contribution in [1.82, 2.24) is 0 Å². The molecule has 0 N–H and O–H groups in total. The van der Waals surface area contributed by atoms with Gasteiger partial charge in [0, 0.05) is 0 Å². The Kier molecular flexibility index (Phi) is 5.57. The first-order valence-corrected chi connectivity index (χ1v) is 9.65. The fraction of sp³-hybridized carbons (Fsp3) is 0.667. The molecule has 24 heavy (non-hydrogen) atoms. The molecule has 1 atom stereocenters. The summed E-state index contributed by atoms with van der Waals surface area (Å²) in [7, 11) is 0. The van der Waals surface area contributed by atoms with Crippen LogP contribution in [0.3, 0.4) is 0 Å². The van der Waals surface area contributed by atoms with Gasteiger partial charge in [0.05, 0.1) is 5.92 Å². The van der Waals surface area contributed by atoms with Crippen molar-refractivity contribution in [2.45, 2.75) is 71.6 Å². The van der Waals surface area contributed by atoms with Crippen LogP contribution in [0, 0.1) is 23.6 Å². The van der Waals surface area contributed by atoms with Gasteiger partial charge in [-0.15, -0.1) is 0 Å². The highest BCUT2D eigenvalue weighted by molar-refractivity contribution is 5.78. The predicted molar refractivity (Wildman–Crippen MR) is 93.6 cm³/mol. The average Bonchev–Trinajstić information content (AvgIpc) is 2.59. The molecule has 0 radical (unpaired) electrons. The molecule has 3 heteroatoms. The second-order valence-corrected chi connectivity index (χ2v) is 7.58. The zero-order valence-electron chi connectivity index (χ0n) is 14.9. The highest BCUT2D eigenvalue weighted by Gasteiger charge is 2.38. The molecule has 0 spiro atoms. The minimum atomic E-state index is -0.326. The average molecular weight is 332 g/mol. The third-order valence-electron chi connectivity index (χ3n) is 5.88. The molecule has 0 bridgehead atoms. The van der Waals surface area contributed by atoms with Gasteiger partial charge < -0.3 is 4.74 Å². The van der Waals surface area contributed by atoms with Crippen LogP contribution in [0.5, 0.6) is 5.75 Å². The number of carbonyl (C=O) groups is 1. The van der Waals surface area contributed by atoms with Gasteiger partial charge in [-0.25, -0.2) is 4.39 Å². The van der Waals surface area contributed by atoms with E-state index in [1.54, 1.807) is 0 Å². The zero-order valence-corrected chi connectivity index (χ0v) is 14.9. The number of aryl methyl sites for hydroxylation is 1. The molecule has 0 amide bonds. The summed E-state index contributed by atoms with van der Waals surface area (Å²) in [5.41, 5.74) is 1.52. The largest absolute Gasteiger partial charge is 0.423 e. The van der Waals surface area contributed by atoms with E-state index in [9.17, 15) is 9.18 Å². The van der Waals surface area contributed by atoms with Crippen LogP contribution in [0.1, 0.15) is 69.9 Å². The number of fused-ring (bicyclic) bond motifs is 1. The van der Waals surface area contributed by atoms with Crippen LogP contribution in [0.2, 0.25) is 0 Å². The van der Waals surface area contributed by atoms with Gasteiger partial charge in [-0.2, -0.15) is 0 Å². The molecular weight excluding hydrogens is 303 g/mol. The lowest BCUT2D eigenvalue weighted by molar-refractivity contribution is -0.143. The Morgan fingerprint density at radius 3 is 2.54 bits per heavy atom. The number of esters is 1. The number of hydrogen-bond donors (Lipinski definition) is 0. The Bertz CT molecular complexity index is 588. The minimum Gasteiger partial charge on any atom is -0.423 e. The quantitative estimate of drug-likeness (QED) is 0.528. The van der Waals surface area contributed by atoms with Gasteiger partial charge in [0.25, 0.3) is 0 Å². The Labute approximate surface area is 144 Å². The summed E-state index contributed by atoms with van der Waals surface area (Å²) >= 11 is 0. The first-order valence-electron chi connectivity index (χ1n) is 9.65. The standard InChI is InChI=1S/C21H29FO2/c1-3-5-14-7-9-15(10-8-14)18-13-17-12-11-16(6-4-2)19(22)20(17)24-21(18)23/h11-12,14-15,18H,3-10,13H2,1-2H3. The summed E-state index contributed by atoms with van der Waals surface area (Å²) in [5.74, 6) is 0.796. The van der Waals surface area contributed by atoms with Crippen LogP contribution >= 0.6 is 0 Å². The Morgan fingerprint density at radius 2 is 1.88 bits per heavy atom. The third-order valence-corrected chi connectivity index (χ3v) is 5.88. The van der Waals surface area contributed by atoms with Gasteiger partial charge in [-0.05, 0) is 48.6 Å². The van der Waals surface area contributed by atoms with E-state index in [4.69, 9.17) is 4.74 Å². The molecule has 1 fully saturated rings. The second-order valence-electron chi connectivity index (χ2n) is 7.58. The van der Waals surface area contributed by atoms with E-state index in [2.05, 4.69) is 6.92 Å². The molecule has 132 valence electrons. The molecule has 1 aromatic carbocycles. The Morgan fingerprint density at radius 1 is 1.12 bits per heavy atom. The van der Waals surface area contributed by atoms with Crippen molar-refractivity contribution in [2.24, 2.45) is 17.8 Å². The number of benzene rings is 1. The number of ether oxygens (including phenoxy) is 1. The highest BCUT2D eigenvalue weighted by Crippen LogP contribution is 2.41. The van der Waals surface area contributed by atoms with E-state index < -0.39 is 0 Å². The summed E-state index contributed by atoms with van der Waals surface area (Å²) in [6.45, 7) is 4.26. The second kappa shape index (κ2) is 7.67. The maximum atomic E-state index is 14.5. The molecule has 1 unspecified atom stereocenters. The Balaban J connectivity index is 1.71. The number of rotatable bonds is 5. The third kappa shape index (κ3) is 3.50. The van der Waals surface area contributed by atoms with Crippen LogP contribution in [-0.2, 0) is 17.6 Å². The molecule has 1 heterocycles. The summed E-state index contributed by atoms with van der Waals surface area (Å²) in [6.07, 6.45) is 9.41. The molecular formula is C21H29FO2. The first-order chi connectivity index (χ1) is 11.6. The highest BCUT2D eigenvalue weighted by atomic mass is 19.1. The van der Waals surface area contributed by atoms with Crippen LogP contribution in [0.15, 0.2) is 12.1 Å². The van der Waals surface area contributed by atoms with Crippen LogP contribution in [-0.4, -0.2) is 5.97 Å². The van der Waals surface area contributed by atoms with Crippen molar-refractivity contribution in [3.8, 4) is 5.75 Å². The maximum absolute atomic E-state index is 14.5. The van der Waals surface area contributed by atoms with Gasteiger partial charge in [0.15, 0.2) is 11.6 Å². The summed E-state index contributed by atoms with van der Waals surface area (Å²) in [5, 5.41) is 0. The van der Waals surface area contributed by atoms with Gasteiger partial charge in [0.2, 0.25) is 0 Å². The van der Waals surface area contributed by atoms with Crippen molar-refractivity contribution in [3.05, 3.63) is 29.1 Å². The SMILES string of the molecule is CCCc1ccc2c(c1F)OC(=O)C(C1CCC(CCC)CC1)C2. The van der Waals surface area contributed by atoms with Crippen molar-refractivity contribution < 1.29 is 13.9 Å². The Hall–Kier alpha value is -1.38. The number of halogens is 1. The van der Waals surface area contributed by atoms with Crippen LogP contribution in [0.25, 0.3) is 0 Å². The molecule has 0 saturated heterocycles. The molecule has 2 aliphatic rings. The normalized spacial score (nSPS) is 26.8. The van der Waals surface area contributed by atoms with Gasteiger partial charge in [-0.3, -0.25) is 4.79 Å². The number of hydrogen-bond acceptors (Lipinski definition) is 2. The lowest BCUT2D eigenvalue weighted by atomic mass is 9.72. The van der Waals surface area contributed by atoms with E-state index >= 15 is 0 Å².